The Morgan fingerprint density at radius 2 is 2.16 bits per heavy atom. The smallest absolute Gasteiger partial charge is 0.0803 e. The van der Waals surface area contributed by atoms with Crippen LogP contribution in [0, 0.1) is 6.92 Å². The van der Waals surface area contributed by atoms with Gasteiger partial charge in [0.2, 0.25) is 0 Å². The summed E-state index contributed by atoms with van der Waals surface area (Å²) in [5, 5.41) is 16.1. The van der Waals surface area contributed by atoms with Crippen molar-refractivity contribution in [1.29, 1.82) is 0 Å². The zero-order chi connectivity index (χ0) is 13.8. The third-order valence-electron chi connectivity index (χ3n) is 3.15. The lowest BCUT2D eigenvalue weighted by Crippen LogP contribution is -2.25. The molecule has 104 valence electrons. The van der Waals surface area contributed by atoms with E-state index in [0.29, 0.717) is 0 Å². The Bertz CT molecular complexity index is 527. The molecule has 0 aliphatic rings. The highest BCUT2D eigenvalue weighted by atomic mass is 15.4. The molecule has 2 aromatic rings. The fourth-order valence-corrected chi connectivity index (χ4v) is 2.35. The van der Waals surface area contributed by atoms with Gasteiger partial charge < -0.3 is 5.32 Å². The van der Waals surface area contributed by atoms with Gasteiger partial charge in [0.25, 0.3) is 0 Å². The first-order valence-corrected chi connectivity index (χ1v) is 6.79. The van der Waals surface area contributed by atoms with Gasteiger partial charge in [-0.3, -0.25) is 4.68 Å². The van der Waals surface area contributed by atoms with Crippen LogP contribution >= 0.6 is 0 Å². The van der Waals surface area contributed by atoms with Gasteiger partial charge in [-0.1, -0.05) is 19.1 Å². The van der Waals surface area contributed by atoms with E-state index in [9.17, 15) is 0 Å². The van der Waals surface area contributed by atoms with E-state index in [2.05, 4.69) is 40.8 Å². The summed E-state index contributed by atoms with van der Waals surface area (Å²) in [7, 11) is 1.95. The quantitative estimate of drug-likeness (QED) is 0.855. The number of aromatic nitrogens is 5. The molecular formula is C13H22N6. The largest absolute Gasteiger partial charge is 0.305 e. The van der Waals surface area contributed by atoms with E-state index >= 15 is 0 Å². The van der Waals surface area contributed by atoms with Crippen molar-refractivity contribution in [2.75, 3.05) is 6.54 Å². The monoisotopic (exact) mass is 262 g/mol. The van der Waals surface area contributed by atoms with Crippen LogP contribution in [0.4, 0.5) is 0 Å². The van der Waals surface area contributed by atoms with Crippen LogP contribution in [0.5, 0.6) is 0 Å². The number of nitrogens with zero attached hydrogens (tertiary/aromatic N) is 5. The Morgan fingerprint density at radius 3 is 2.74 bits per heavy atom. The van der Waals surface area contributed by atoms with Gasteiger partial charge in [-0.15, -0.1) is 5.10 Å². The minimum Gasteiger partial charge on any atom is -0.305 e. The average molecular weight is 262 g/mol. The molecule has 2 heterocycles. The van der Waals surface area contributed by atoms with E-state index in [4.69, 9.17) is 0 Å². The fourth-order valence-electron chi connectivity index (χ4n) is 2.35. The third-order valence-corrected chi connectivity index (χ3v) is 3.15. The first-order valence-electron chi connectivity index (χ1n) is 6.79. The Morgan fingerprint density at radius 1 is 1.37 bits per heavy atom. The molecular weight excluding hydrogens is 240 g/mol. The molecule has 0 saturated carbocycles. The summed E-state index contributed by atoms with van der Waals surface area (Å²) < 4.78 is 3.82. The number of hydrogen-bond acceptors (Lipinski definition) is 4. The summed E-state index contributed by atoms with van der Waals surface area (Å²) in [6.07, 6.45) is 4.95. The third kappa shape index (κ3) is 2.84. The van der Waals surface area contributed by atoms with Crippen LogP contribution in [0.2, 0.25) is 0 Å². The maximum absolute atomic E-state index is 4.43. The summed E-state index contributed by atoms with van der Waals surface area (Å²) in [5.74, 6) is 0. The zero-order valence-electron chi connectivity index (χ0n) is 12.1. The molecule has 2 rings (SSSR count). The average Bonchev–Trinajstić information content (AvgIpc) is 2.94. The lowest BCUT2D eigenvalue weighted by Gasteiger charge is -2.18. The molecule has 0 fully saturated rings. The summed E-state index contributed by atoms with van der Waals surface area (Å²) in [6.45, 7) is 8.05. The lowest BCUT2D eigenvalue weighted by molar-refractivity contribution is 0.510. The van der Waals surface area contributed by atoms with Gasteiger partial charge in [-0.25, -0.2) is 4.68 Å². The molecule has 0 saturated heterocycles. The predicted molar refractivity (Wildman–Crippen MR) is 73.8 cm³/mol. The Balaban J connectivity index is 2.39. The zero-order valence-corrected chi connectivity index (χ0v) is 12.1. The van der Waals surface area contributed by atoms with Crippen molar-refractivity contribution in [3.05, 3.63) is 29.3 Å². The minimum atomic E-state index is 0.0975. The van der Waals surface area contributed by atoms with Gasteiger partial charge in [-0.2, -0.15) is 5.10 Å². The molecule has 1 atom stereocenters. The van der Waals surface area contributed by atoms with E-state index in [-0.39, 0.29) is 6.04 Å². The fraction of sp³-hybridized carbons (Fsp3) is 0.615. The molecule has 0 amide bonds. The first kappa shape index (κ1) is 13.7. The lowest BCUT2D eigenvalue weighted by atomic mass is 10.1. The standard InChI is InChI=1S/C13H22N6/c1-5-7-19-12(8-15-17-19)13(14-6-2)11-9-18(4)16-10(11)3/h8-9,13-14H,5-7H2,1-4H3. The molecule has 0 spiro atoms. The van der Waals surface area contributed by atoms with Gasteiger partial charge in [0.15, 0.2) is 0 Å². The molecule has 6 nitrogen and oxygen atoms in total. The highest BCUT2D eigenvalue weighted by Gasteiger charge is 2.21. The Hall–Kier alpha value is -1.69. The van der Waals surface area contributed by atoms with Crippen molar-refractivity contribution >= 4 is 0 Å². The van der Waals surface area contributed by atoms with Crippen LogP contribution in [0.3, 0.4) is 0 Å². The molecule has 0 aliphatic carbocycles. The van der Waals surface area contributed by atoms with Crippen LogP contribution < -0.4 is 5.32 Å². The van der Waals surface area contributed by atoms with Crippen LogP contribution in [0.15, 0.2) is 12.4 Å². The van der Waals surface area contributed by atoms with Gasteiger partial charge in [-0.05, 0) is 19.9 Å². The number of aryl methyl sites for hydroxylation is 3. The molecule has 19 heavy (non-hydrogen) atoms. The Labute approximate surface area is 113 Å². The first-order chi connectivity index (χ1) is 9.17. The molecule has 0 aliphatic heterocycles. The van der Waals surface area contributed by atoms with E-state index in [0.717, 1.165) is 30.9 Å². The molecule has 0 aromatic carbocycles. The normalized spacial score (nSPS) is 12.8. The molecule has 1 N–H and O–H groups in total. The number of rotatable bonds is 6. The van der Waals surface area contributed by atoms with Crippen LogP contribution in [-0.2, 0) is 13.6 Å². The maximum Gasteiger partial charge on any atom is 0.0803 e. The highest BCUT2D eigenvalue weighted by molar-refractivity contribution is 5.28. The maximum atomic E-state index is 4.43. The number of hydrogen-bond donors (Lipinski definition) is 1. The summed E-state index contributed by atoms with van der Waals surface area (Å²) in [4.78, 5) is 0. The van der Waals surface area contributed by atoms with Gasteiger partial charge in [0.1, 0.15) is 0 Å². The summed E-state index contributed by atoms with van der Waals surface area (Å²) in [6, 6.07) is 0.0975. The van der Waals surface area contributed by atoms with Crippen LogP contribution in [-0.4, -0.2) is 31.3 Å². The van der Waals surface area contributed by atoms with E-state index in [1.165, 1.54) is 5.56 Å². The van der Waals surface area contributed by atoms with E-state index in [1.54, 1.807) is 0 Å². The second kappa shape index (κ2) is 5.97. The topological polar surface area (TPSA) is 60.6 Å². The molecule has 6 heteroatoms. The van der Waals surface area contributed by atoms with Crippen molar-refractivity contribution in [1.82, 2.24) is 30.1 Å². The SMILES string of the molecule is CCCn1nncc1C(NCC)c1cn(C)nc1C. The van der Waals surface area contributed by atoms with Crippen molar-refractivity contribution in [2.45, 2.75) is 39.8 Å². The van der Waals surface area contributed by atoms with Crippen molar-refractivity contribution < 1.29 is 0 Å². The minimum absolute atomic E-state index is 0.0975. The van der Waals surface area contributed by atoms with Crippen LogP contribution in [0.1, 0.15) is 43.3 Å². The van der Waals surface area contributed by atoms with Crippen molar-refractivity contribution in [3.8, 4) is 0 Å². The Kier molecular flexibility index (Phi) is 4.31. The van der Waals surface area contributed by atoms with E-state index < -0.39 is 0 Å². The van der Waals surface area contributed by atoms with Crippen molar-refractivity contribution in [2.24, 2.45) is 7.05 Å². The van der Waals surface area contributed by atoms with Gasteiger partial charge in [0.05, 0.1) is 23.6 Å². The second-order valence-electron chi connectivity index (χ2n) is 4.72. The highest BCUT2D eigenvalue weighted by Crippen LogP contribution is 2.23. The summed E-state index contributed by atoms with van der Waals surface area (Å²) >= 11 is 0. The van der Waals surface area contributed by atoms with E-state index in [1.807, 2.05) is 29.5 Å². The molecule has 2 aromatic heterocycles. The number of nitrogens with one attached hydrogen (secondary N) is 1. The van der Waals surface area contributed by atoms with Gasteiger partial charge >= 0.3 is 0 Å². The van der Waals surface area contributed by atoms with Crippen molar-refractivity contribution in [3.63, 3.8) is 0 Å². The molecule has 0 bridgehead atoms. The van der Waals surface area contributed by atoms with Crippen LogP contribution in [0.25, 0.3) is 0 Å². The van der Waals surface area contributed by atoms with Gasteiger partial charge in [0, 0.05) is 25.4 Å². The summed E-state index contributed by atoms with van der Waals surface area (Å²) in [5.41, 5.74) is 3.32. The molecule has 1 unspecified atom stereocenters. The second-order valence-corrected chi connectivity index (χ2v) is 4.72. The molecule has 0 radical (unpaired) electrons. The predicted octanol–water partition coefficient (Wildman–Crippen LogP) is 1.43.